The van der Waals surface area contributed by atoms with Gasteiger partial charge in [0, 0.05) is 38.0 Å². The average Bonchev–Trinajstić information content (AvgIpc) is 2.94. The van der Waals surface area contributed by atoms with E-state index in [1.807, 2.05) is 30.0 Å². The molecule has 1 aromatic carbocycles. The fraction of sp³-hybridized carbons (Fsp3) is 0.562. The Kier molecular flexibility index (Phi) is 5.01. The van der Waals surface area contributed by atoms with Crippen molar-refractivity contribution in [1.82, 2.24) is 4.90 Å². The van der Waals surface area contributed by atoms with Gasteiger partial charge in [-0.2, -0.15) is 0 Å². The van der Waals surface area contributed by atoms with E-state index in [1.165, 1.54) is 0 Å². The zero-order valence-corrected chi connectivity index (χ0v) is 12.6. The largest absolute Gasteiger partial charge is 0.385 e. The van der Waals surface area contributed by atoms with Crippen molar-refractivity contribution in [1.29, 1.82) is 0 Å². The number of nitrogens with one attached hydrogen (secondary N) is 1. The minimum absolute atomic E-state index is 0.106. The number of likely N-dealkylation sites (tertiary alicyclic amines) is 1. The number of anilines is 1. The first-order chi connectivity index (χ1) is 9.65. The van der Waals surface area contributed by atoms with Gasteiger partial charge in [-0.3, -0.25) is 4.79 Å². The predicted octanol–water partition coefficient (Wildman–Crippen LogP) is 2.68. The summed E-state index contributed by atoms with van der Waals surface area (Å²) in [6.45, 7) is 6.61. The van der Waals surface area contributed by atoms with Crippen LogP contribution < -0.4 is 5.32 Å². The lowest BCUT2D eigenvalue weighted by atomic mass is 10.1. The van der Waals surface area contributed by atoms with Crippen LogP contribution in [0, 0.1) is 6.92 Å². The van der Waals surface area contributed by atoms with Gasteiger partial charge in [-0.1, -0.05) is 6.92 Å². The molecule has 0 saturated carbocycles. The SMILES string of the molecule is CCCNc1ccc(C(=O)N2CCC(OC)C2)cc1C. The lowest BCUT2D eigenvalue weighted by Crippen LogP contribution is -2.30. The number of benzene rings is 1. The van der Waals surface area contributed by atoms with Gasteiger partial charge < -0.3 is 15.0 Å². The highest BCUT2D eigenvalue weighted by Crippen LogP contribution is 2.20. The fourth-order valence-electron chi connectivity index (χ4n) is 2.54. The molecular formula is C16H24N2O2. The highest BCUT2D eigenvalue weighted by atomic mass is 16.5. The van der Waals surface area contributed by atoms with Gasteiger partial charge in [0.15, 0.2) is 0 Å². The second kappa shape index (κ2) is 6.75. The van der Waals surface area contributed by atoms with Crippen molar-refractivity contribution in [2.75, 3.05) is 32.1 Å². The van der Waals surface area contributed by atoms with Crippen LogP contribution in [0.15, 0.2) is 18.2 Å². The second-order valence-corrected chi connectivity index (χ2v) is 5.35. The molecule has 1 aliphatic heterocycles. The molecule has 0 aromatic heterocycles. The maximum absolute atomic E-state index is 12.4. The van der Waals surface area contributed by atoms with Gasteiger partial charge in [0.2, 0.25) is 0 Å². The Bertz CT molecular complexity index is 474. The molecule has 4 nitrogen and oxygen atoms in total. The van der Waals surface area contributed by atoms with Crippen molar-refractivity contribution in [3.05, 3.63) is 29.3 Å². The third kappa shape index (κ3) is 3.31. The van der Waals surface area contributed by atoms with E-state index in [2.05, 4.69) is 12.2 Å². The van der Waals surface area contributed by atoms with Crippen molar-refractivity contribution in [3.63, 3.8) is 0 Å². The Morgan fingerprint density at radius 2 is 2.30 bits per heavy atom. The van der Waals surface area contributed by atoms with Crippen molar-refractivity contribution in [2.45, 2.75) is 32.8 Å². The van der Waals surface area contributed by atoms with E-state index in [4.69, 9.17) is 4.74 Å². The lowest BCUT2D eigenvalue weighted by Gasteiger charge is -2.17. The second-order valence-electron chi connectivity index (χ2n) is 5.35. The normalized spacial score (nSPS) is 18.4. The van der Waals surface area contributed by atoms with Gasteiger partial charge >= 0.3 is 0 Å². The number of carbonyl (C=O) groups is 1. The average molecular weight is 276 g/mol. The van der Waals surface area contributed by atoms with Gasteiger partial charge in [-0.15, -0.1) is 0 Å². The van der Waals surface area contributed by atoms with Crippen LogP contribution >= 0.6 is 0 Å². The van der Waals surface area contributed by atoms with E-state index in [0.29, 0.717) is 6.54 Å². The molecule has 4 heteroatoms. The zero-order chi connectivity index (χ0) is 14.5. The first-order valence-electron chi connectivity index (χ1n) is 7.32. The molecule has 0 radical (unpaired) electrons. The smallest absolute Gasteiger partial charge is 0.253 e. The molecular weight excluding hydrogens is 252 g/mol. The van der Waals surface area contributed by atoms with Crippen LogP contribution in [0.4, 0.5) is 5.69 Å². The topological polar surface area (TPSA) is 41.6 Å². The summed E-state index contributed by atoms with van der Waals surface area (Å²) in [4.78, 5) is 14.3. The lowest BCUT2D eigenvalue weighted by molar-refractivity contribution is 0.0724. The maximum Gasteiger partial charge on any atom is 0.253 e. The molecule has 1 N–H and O–H groups in total. The molecule has 1 unspecified atom stereocenters. The Balaban J connectivity index is 2.05. The highest BCUT2D eigenvalue weighted by Gasteiger charge is 2.26. The third-order valence-electron chi connectivity index (χ3n) is 3.80. The molecule has 0 aliphatic carbocycles. The maximum atomic E-state index is 12.4. The van der Waals surface area contributed by atoms with E-state index in [-0.39, 0.29) is 12.0 Å². The van der Waals surface area contributed by atoms with Crippen molar-refractivity contribution < 1.29 is 9.53 Å². The van der Waals surface area contributed by atoms with Crippen molar-refractivity contribution >= 4 is 11.6 Å². The highest BCUT2D eigenvalue weighted by molar-refractivity contribution is 5.95. The number of amides is 1. The molecule has 2 rings (SSSR count). The van der Waals surface area contributed by atoms with Gasteiger partial charge in [-0.05, 0) is 43.5 Å². The first kappa shape index (κ1) is 14.9. The number of hydrogen-bond acceptors (Lipinski definition) is 3. The minimum atomic E-state index is 0.106. The molecule has 1 atom stereocenters. The summed E-state index contributed by atoms with van der Waals surface area (Å²) in [5.41, 5.74) is 2.99. The number of carbonyl (C=O) groups excluding carboxylic acids is 1. The number of rotatable bonds is 5. The minimum Gasteiger partial charge on any atom is -0.385 e. The molecule has 1 heterocycles. The summed E-state index contributed by atoms with van der Waals surface area (Å²) in [5.74, 6) is 0.106. The van der Waals surface area contributed by atoms with Gasteiger partial charge in [-0.25, -0.2) is 0 Å². The van der Waals surface area contributed by atoms with E-state index in [9.17, 15) is 4.79 Å². The van der Waals surface area contributed by atoms with Gasteiger partial charge in [0.05, 0.1) is 6.10 Å². The molecule has 1 amide bonds. The molecule has 0 spiro atoms. The molecule has 1 aromatic rings. The number of methoxy groups -OCH3 is 1. The predicted molar refractivity (Wildman–Crippen MR) is 81.3 cm³/mol. The quantitative estimate of drug-likeness (QED) is 0.899. The van der Waals surface area contributed by atoms with Gasteiger partial charge in [0.25, 0.3) is 5.91 Å². The summed E-state index contributed by atoms with van der Waals surface area (Å²) >= 11 is 0. The first-order valence-corrected chi connectivity index (χ1v) is 7.32. The standard InChI is InChI=1S/C16H24N2O2/c1-4-8-17-15-6-5-13(10-12(15)2)16(19)18-9-7-14(11-18)20-3/h5-6,10,14,17H,4,7-9,11H2,1-3H3. The molecule has 1 aliphatic rings. The van der Waals surface area contributed by atoms with Gasteiger partial charge in [0.1, 0.15) is 0 Å². The van der Waals surface area contributed by atoms with Crippen molar-refractivity contribution in [2.24, 2.45) is 0 Å². The monoisotopic (exact) mass is 276 g/mol. The molecule has 110 valence electrons. The molecule has 1 saturated heterocycles. The summed E-state index contributed by atoms with van der Waals surface area (Å²) in [6.07, 6.45) is 2.20. The third-order valence-corrected chi connectivity index (χ3v) is 3.80. The molecule has 1 fully saturated rings. The number of aryl methyl sites for hydroxylation is 1. The van der Waals surface area contributed by atoms with E-state index < -0.39 is 0 Å². The van der Waals surface area contributed by atoms with Crippen LogP contribution in [0.1, 0.15) is 35.7 Å². The number of hydrogen-bond donors (Lipinski definition) is 1. The van der Waals surface area contributed by atoms with Crippen LogP contribution in [0.3, 0.4) is 0 Å². The van der Waals surface area contributed by atoms with Crippen LogP contribution in [-0.4, -0.2) is 43.7 Å². The number of nitrogens with zero attached hydrogens (tertiary/aromatic N) is 1. The Labute approximate surface area is 121 Å². The van der Waals surface area contributed by atoms with Crippen LogP contribution in [0.2, 0.25) is 0 Å². The van der Waals surface area contributed by atoms with E-state index in [1.54, 1.807) is 7.11 Å². The van der Waals surface area contributed by atoms with Crippen LogP contribution in [0.25, 0.3) is 0 Å². The Morgan fingerprint density at radius 3 is 2.90 bits per heavy atom. The van der Waals surface area contributed by atoms with E-state index in [0.717, 1.165) is 42.7 Å². The fourth-order valence-corrected chi connectivity index (χ4v) is 2.54. The molecule has 20 heavy (non-hydrogen) atoms. The summed E-state index contributed by atoms with van der Waals surface area (Å²) in [7, 11) is 1.71. The van der Waals surface area contributed by atoms with Crippen molar-refractivity contribution in [3.8, 4) is 0 Å². The van der Waals surface area contributed by atoms with Crippen LogP contribution in [-0.2, 0) is 4.74 Å². The number of ether oxygens (including phenoxy) is 1. The summed E-state index contributed by atoms with van der Waals surface area (Å²) in [6, 6.07) is 5.88. The Morgan fingerprint density at radius 1 is 1.50 bits per heavy atom. The summed E-state index contributed by atoms with van der Waals surface area (Å²) in [5, 5.41) is 3.37. The van der Waals surface area contributed by atoms with E-state index >= 15 is 0 Å². The zero-order valence-electron chi connectivity index (χ0n) is 12.6. The Hall–Kier alpha value is -1.55. The van der Waals surface area contributed by atoms with Crippen LogP contribution in [0.5, 0.6) is 0 Å². The summed E-state index contributed by atoms with van der Waals surface area (Å²) < 4.78 is 5.31. The molecule has 0 bridgehead atoms.